The van der Waals surface area contributed by atoms with Crippen LogP contribution in [0.15, 0.2) is 18.2 Å². The fourth-order valence-corrected chi connectivity index (χ4v) is 2.07. The van der Waals surface area contributed by atoms with E-state index >= 15 is 0 Å². The van der Waals surface area contributed by atoms with E-state index in [2.05, 4.69) is 10.6 Å². The molecule has 2 unspecified atom stereocenters. The minimum atomic E-state index is -0.0926. The highest BCUT2D eigenvalue weighted by molar-refractivity contribution is 5.88. The summed E-state index contributed by atoms with van der Waals surface area (Å²) in [7, 11) is 1.63. The molecule has 1 aromatic carbocycles. The van der Waals surface area contributed by atoms with Crippen molar-refractivity contribution in [1.29, 1.82) is 0 Å². The Kier molecular flexibility index (Phi) is 3.84. The second-order valence-corrected chi connectivity index (χ2v) is 4.31. The summed E-state index contributed by atoms with van der Waals surface area (Å²) in [6, 6.07) is 5.55. The molecule has 0 aliphatic carbocycles. The van der Waals surface area contributed by atoms with Gasteiger partial charge < -0.3 is 14.8 Å². The lowest BCUT2D eigenvalue weighted by Gasteiger charge is -2.16. The molecule has 0 radical (unpaired) electrons. The summed E-state index contributed by atoms with van der Waals surface area (Å²) in [6.45, 7) is 4.19. The van der Waals surface area contributed by atoms with Gasteiger partial charge in [-0.15, -0.1) is 0 Å². The van der Waals surface area contributed by atoms with Gasteiger partial charge in [-0.3, -0.25) is 10.1 Å². The van der Waals surface area contributed by atoms with Crippen molar-refractivity contribution in [3.05, 3.63) is 23.8 Å². The number of anilines is 1. The van der Waals surface area contributed by atoms with Crippen LogP contribution in [0, 0.1) is 0 Å². The number of benzene rings is 1. The van der Waals surface area contributed by atoms with Gasteiger partial charge in [0.2, 0.25) is 5.91 Å². The van der Waals surface area contributed by atoms with Gasteiger partial charge in [-0.25, -0.2) is 0 Å². The first-order valence-corrected chi connectivity index (χ1v) is 5.94. The van der Waals surface area contributed by atoms with Crippen LogP contribution in [0.1, 0.15) is 25.5 Å². The number of ether oxygens (including phenoxy) is 2. The summed E-state index contributed by atoms with van der Waals surface area (Å²) in [6.07, 6.45) is -0.0206. The number of nitrogens with one attached hydrogen (secondary N) is 2. The third-order valence-corrected chi connectivity index (χ3v) is 2.86. The van der Waals surface area contributed by atoms with Crippen molar-refractivity contribution in [2.45, 2.75) is 26.2 Å². The molecule has 5 heteroatoms. The van der Waals surface area contributed by atoms with Gasteiger partial charge in [-0.05, 0) is 25.1 Å². The monoisotopic (exact) mass is 250 g/mol. The molecule has 1 aromatic rings. The second kappa shape index (κ2) is 5.37. The van der Waals surface area contributed by atoms with Crippen LogP contribution in [0.25, 0.3) is 0 Å². The van der Waals surface area contributed by atoms with Gasteiger partial charge in [0, 0.05) is 24.7 Å². The van der Waals surface area contributed by atoms with E-state index in [1.54, 1.807) is 7.11 Å². The average molecular weight is 250 g/mol. The van der Waals surface area contributed by atoms with Gasteiger partial charge in [0.1, 0.15) is 18.1 Å². The highest BCUT2D eigenvalue weighted by atomic mass is 16.5. The highest BCUT2D eigenvalue weighted by Crippen LogP contribution is 2.32. The largest absolute Gasteiger partial charge is 0.496 e. The summed E-state index contributed by atoms with van der Waals surface area (Å²) in [4.78, 5) is 11.1. The van der Waals surface area contributed by atoms with Crippen molar-refractivity contribution in [3.63, 3.8) is 0 Å². The normalized spacial score (nSPS) is 22.8. The van der Waals surface area contributed by atoms with Crippen LogP contribution in [-0.2, 0) is 9.53 Å². The maximum Gasteiger partial charge on any atom is 0.221 e. The molecule has 1 aliphatic rings. The quantitative estimate of drug-likeness (QED) is 0.856. The molecular weight excluding hydrogens is 232 g/mol. The van der Waals surface area contributed by atoms with Gasteiger partial charge in [0.25, 0.3) is 0 Å². The summed E-state index contributed by atoms with van der Waals surface area (Å²) >= 11 is 0. The SMILES string of the molecule is COc1ccc(NC(C)=O)cc1C1CNC(C)O1. The highest BCUT2D eigenvalue weighted by Gasteiger charge is 2.25. The molecule has 2 N–H and O–H groups in total. The molecule has 2 rings (SSSR count). The van der Waals surface area contributed by atoms with E-state index in [-0.39, 0.29) is 18.2 Å². The van der Waals surface area contributed by atoms with Crippen LogP contribution < -0.4 is 15.4 Å². The van der Waals surface area contributed by atoms with E-state index in [0.717, 1.165) is 23.5 Å². The van der Waals surface area contributed by atoms with E-state index in [1.165, 1.54) is 6.92 Å². The van der Waals surface area contributed by atoms with Gasteiger partial charge >= 0.3 is 0 Å². The molecule has 1 amide bonds. The maximum absolute atomic E-state index is 11.1. The van der Waals surface area contributed by atoms with Gasteiger partial charge in [-0.1, -0.05) is 0 Å². The Bertz CT molecular complexity index is 448. The molecule has 2 atom stereocenters. The zero-order valence-electron chi connectivity index (χ0n) is 10.8. The van der Waals surface area contributed by atoms with Crippen LogP contribution in [0.4, 0.5) is 5.69 Å². The molecule has 5 nitrogen and oxygen atoms in total. The first-order valence-electron chi connectivity index (χ1n) is 5.94. The number of carbonyl (C=O) groups is 1. The maximum atomic E-state index is 11.1. The number of rotatable bonds is 3. The zero-order chi connectivity index (χ0) is 13.1. The summed E-state index contributed by atoms with van der Waals surface area (Å²) in [5.41, 5.74) is 1.70. The predicted octanol–water partition coefficient (Wildman–Crippen LogP) is 1.66. The molecule has 0 aromatic heterocycles. The Labute approximate surface area is 106 Å². The molecule has 1 saturated heterocycles. The van der Waals surface area contributed by atoms with Gasteiger partial charge in [0.15, 0.2) is 0 Å². The molecule has 18 heavy (non-hydrogen) atoms. The minimum Gasteiger partial charge on any atom is -0.496 e. The smallest absolute Gasteiger partial charge is 0.221 e. The molecule has 0 saturated carbocycles. The van der Waals surface area contributed by atoms with Crippen molar-refractivity contribution in [1.82, 2.24) is 5.32 Å². The van der Waals surface area contributed by atoms with E-state index in [0.29, 0.717) is 0 Å². The van der Waals surface area contributed by atoms with Crippen LogP contribution in [0.2, 0.25) is 0 Å². The van der Waals surface area contributed by atoms with Crippen LogP contribution in [-0.4, -0.2) is 25.8 Å². The molecule has 1 aliphatic heterocycles. The number of amides is 1. The van der Waals surface area contributed by atoms with Crippen molar-refractivity contribution in [3.8, 4) is 5.75 Å². The summed E-state index contributed by atoms with van der Waals surface area (Å²) in [5.74, 6) is 0.676. The number of carbonyl (C=O) groups excluding carboxylic acids is 1. The topological polar surface area (TPSA) is 59.6 Å². The fraction of sp³-hybridized carbons (Fsp3) is 0.462. The van der Waals surface area contributed by atoms with Crippen LogP contribution in [0.3, 0.4) is 0 Å². The number of hydrogen-bond acceptors (Lipinski definition) is 4. The predicted molar refractivity (Wildman–Crippen MR) is 68.6 cm³/mol. The molecule has 98 valence electrons. The Hall–Kier alpha value is -1.59. The minimum absolute atomic E-state index is 0.0316. The van der Waals surface area contributed by atoms with Crippen molar-refractivity contribution in [2.24, 2.45) is 0 Å². The van der Waals surface area contributed by atoms with E-state index in [1.807, 2.05) is 25.1 Å². The Morgan fingerprint density at radius 3 is 2.89 bits per heavy atom. The molecule has 0 spiro atoms. The van der Waals surface area contributed by atoms with Crippen LogP contribution >= 0.6 is 0 Å². The third-order valence-electron chi connectivity index (χ3n) is 2.86. The van der Waals surface area contributed by atoms with Gasteiger partial charge in [-0.2, -0.15) is 0 Å². The number of hydrogen-bond donors (Lipinski definition) is 2. The summed E-state index contributed by atoms with van der Waals surface area (Å²) < 4.78 is 11.1. The Morgan fingerprint density at radius 1 is 1.56 bits per heavy atom. The molecular formula is C13H18N2O3. The second-order valence-electron chi connectivity index (χ2n) is 4.31. The van der Waals surface area contributed by atoms with Gasteiger partial charge in [0.05, 0.1) is 7.11 Å². The molecule has 1 heterocycles. The van der Waals surface area contributed by atoms with E-state index in [9.17, 15) is 4.79 Å². The lowest BCUT2D eigenvalue weighted by atomic mass is 10.1. The lowest BCUT2D eigenvalue weighted by molar-refractivity contribution is -0.114. The zero-order valence-corrected chi connectivity index (χ0v) is 10.8. The van der Waals surface area contributed by atoms with Crippen molar-refractivity contribution >= 4 is 11.6 Å². The third kappa shape index (κ3) is 2.80. The first kappa shape index (κ1) is 12.9. The standard InChI is InChI=1S/C13H18N2O3/c1-8(16)15-10-4-5-12(17-3)11(6-10)13-7-14-9(2)18-13/h4-6,9,13-14H,7H2,1-3H3,(H,15,16). The van der Waals surface area contributed by atoms with E-state index < -0.39 is 0 Å². The molecule has 1 fully saturated rings. The Morgan fingerprint density at radius 2 is 2.33 bits per heavy atom. The van der Waals surface area contributed by atoms with E-state index in [4.69, 9.17) is 9.47 Å². The lowest BCUT2D eigenvalue weighted by Crippen LogP contribution is -2.17. The Balaban J connectivity index is 2.27. The number of methoxy groups -OCH3 is 1. The van der Waals surface area contributed by atoms with Crippen molar-refractivity contribution < 1.29 is 14.3 Å². The van der Waals surface area contributed by atoms with Crippen LogP contribution in [0.5, 0.6) is 5.75 Å². The average Bonchev–Trinajstić information content (AvgIpc) is 2.75. The first-order chi connectivity index (χ1) is 8.60. The fourth-order valence-electron chi connectivity index (χ4n) is 2.07. The summed E-state index contributed by atoms with van der Waals surface area (Å²) in [5, 5.41) is 5.98. The van der Waals surface area contributed by atoms with Crippen molar-refractivity contribution in [2.75, 3.05) is 19.0 Å². The molecule has 0 bridgehead atoms.